The summed E-state index contributed by atoms with van der Waals surface area (Å²) in [5.74, 6) is -0.164. The summed E-state index contributed by atoms with van der Waals surface area (Å²) in [6, 6.07) is 2.07. The summed E-state index contributed by atoms with van der Waals surface area (Å²) in [6.45, 7) is 7.96. The van der Waals surface area contributed by atoms with Gasteiger partial charge >= 0.3 is 5.97 Å². The molecule has 2 aromatic heterocycles. The molecule has 3 aliphatic heterocycles. The number of amides is 1. The van der Waals surface area contributed by atoms with Crippen molar-refractivity contribution in [3.63, 3.8) is 0 Å². The third-order valence-corrected chi connectivity index (χ3v) is 5.73. The first-order valence-corrected chi connectivity index (χ1v) is 9.57. The summed E-state index contributed by atoms with van der Waals surface area (Å²) in [6.07, 6.45) is 4.85. The molecule has 5 heterocycles. The van der Waals surface area contributed by atoms with Crippen molar-refractivity contribution in [3.8, 4) is 0 Å². The average molecular weight is 371 g/mol. The lowest BCUT2D eigenvalue weighted by atomic mass is 9.79. The third kappa shape index (κ3) is 3.32. The Balaban J connectivity index is 1.56. The summed E-state index contributed by atoms with van der Waals surface area (Å²) in [4.78, 5) is 31.7. The maximum Gasteiger partial charge on any atom is 0.342 e. The number of ether oxygens (including phenoxy) is 1. The molecule has 1 N–H and O–H groups in total. The molecule has 1 amide bonds. The van der Waals surface area contributed by atoms with Crippen LogP contribution in [0.4, 0.5) is 0 Å². The van der Waals surface area contributed by atoms with E-state index in [1.54, 1.807) is 19.9 Å². The van der Waals surface area contributed by atoms with Crippen LogP contribution in [0.2, 0.25) is 0 Å². The molecule has 0 unspecified atom stereocenters. The molecule has 0 radical (unpaired) electrons. The largest absolute Gasteiger partial charge is 0.462 e. The maximum absolute atomic E-state index is 12.8. The lowest BCUT2D eigenvalue weighted by Crippen LogP contribution is -2.62. The molecule has 0 aromatic carbocycles. The summed E-state index contributed by atoms with van der Waals surface area (Å²) in [5, 5.41) is 3.71. The van der Waals surface area contributed by atoms with Crippen LogP contribution in [-0.4, -0.2) is 53.0 Å². The molecule has 3 fully saturated rings. The molecule has 5 rings (SSSR count). The summed E-state index contributed by atoms with van der Waals surface area (Å²) in [7, 11) is 0. The summed E-state index contributed by atoms with van der Waals surface area (Å²) < 4.78 is 10.6. The van der Waals surface area contributed by atoms with E-state index < -0.39 is 5.97 Å². The van der Waals surface area contributed by atoms with Crippen LogP contribution in [0.15, 0.2) is 22.9 Å². The van der Waals surface area contributed by atoms with Gasteiger partial charge in [0.05, 0.1) is 12.3 Å². The second kappa shape index (κ2) is 6.96. The topological polar surface area (TPSA) is 84.7 Å². The number of piperidine rings is 3. The van der Waals surface area contributed by atoms with Gasteiger partial charge in [0.15, 0.2) is 5.58 Å². The first-order valence-electron chi connectivity index (χ1n) is 9.57. The quantitative estimate of drug-likeness (QED) is 0.832. The highest BCUT2D eigenvalue weighted by Crippen LogP contribution is 2.32. The van der Waals surface area contributed by atoms with Gasteiger partial charge in [0.25, 0.3) is 5.91 Å². The number of carbonyl (C=O) groups excluding carboxylic acids is 2. The van der Waals surface area contributed by atoms with Crippen molar-refractivity contribution < 1.29 is 18.7 Å². The molecule has 0 saturated carbocycles. The number of hydrogen-bond donors (Lipinski definition) is 1. The van der Waals surface area contributed by atoms with Crippen LogP contribution in [0, 0.1) is 5.92 Å². The molecule has 2 aromatic rings. The van der Waals surface area contributed by atoms with E-state index >= 15 is 0 Å². The van der Waals surface area contributed by atoms with E-state index in [4.69, 9.17) is 9.15 Å². The number of aromatic nitrogens is 1. The minimum Gasteiger partial charge on any atom is -0.462 e. The zero-order valence-electron chi connectivity index (χ0n) is 15.9. The fourth-order valence-corrected chi connectivity index (χ4v) is 4.26. The first-order chi connectivity index (χ1) is 12.9. The van der Waals surface area contributed by atoms with E-state index in [9.17, 15) is 9.59 Å². The Morgan fingerprint density at radius 3 is 2.74 bits per heavy atom. The van der Waals surface area contributed by atoms with Crippen LogP contribution >= 0.6 is 0 Å². The van der Waals surface area contributed by atoms with Gasteiger partial charge in [-0.25, -0.2) is 9.78 Å². The second-order valence-corrected chi connectivity index (χ2v) is 7.78. The average Bonchev–Trinajstić information content (AvgIpc) is 3.07. The van der Waals surface area contributed by atoms with Gasteiger partial charge in [-0.05, 0) is 58.7 Å². The van der Waals surface area contributed by atoms with E-state index in [0.717, 1.165) is 25.9 Å². The molecule has 2 atom stereocenters. The number of fused-ring (bicyclic) bond motifs is 4. The van der Waals surface area contributed by atoms with E-state index in [1.165, 1.54) is 12.5 Å². The van der Waals surface area contributed by atoms with Crippen molar-refractivity contribution in [2.45, 2.75) is 51.8 Å². The van der Waals surface area contributed by atoms with Crippen molar-refractivity contribution in [2.24, 2.45) is 5.92 Å². The lowest BCUT2D eigenvalue weighted by Gasteiger charge is -2.49. The van der Waals surface area contributed by atoms with Crippen molar-refractivity contribution in [2.75, 3.05) is 13.1 Å². The Morgan fingerprint density at radius 2 is 2.07 bits per heavy atom. The van der Waals surface area contributed by atoms with Gasteiger partial charge in [0, 0.05) is 17.5 Å². The van der Waals surface area contributed by atoms with Gasteiger partial charge in [-0.1, -0.05) is 0 Å². The molecule has 3 saturated heterocycles. The van der Waals surface area contributed by atoms with Crippen molar-refractivity contribution >= 4 is 22.8 Å². The molecular formula is C20H25N3O4. The highest BCUT2D eigenvalue weighted by atomic mass is 16.5. The van der Waals surface area contributed by atoms with Crippen molar-refractivity contribution in [3.05, 3.63) is 29.8 Å². The van der Waals surface area contributed by atoms with Crippen LogP contribution in [0.25, 0.3) is 11.0 Å². The number of rotatable bonds is 4. The third-order valence-electron chi connectivity index (χ3n) is 5.73. The predicted molar refractivity (Wildman–Crippen MR) is 99.6 cm³/mol. The summed E-state index contributed by atoms with van der Waals surface area (Å²) >= 11 is 0. The van der Waals surface area contributed by atoms with Crippen LogP contribution in [-0.2, 0) is 4.74 Å². The molecule has 7 nitrogen and oxygen atoms in total. The number of hydrogen-bond acceptors (Lipinski definition) is 6. The highest BCUT2D eigenvalue weighted by Gasteiger charge is 2.40. The van der Waals surface area contributed by atoms with Crippen LogP contribution in [0.3, 0.4) is 0 Å². The number of esters is 1. The van der Waals surface area contributed by atoms with Crippen molar-refractivity contribution in [1.82, 2.24) is 15.2 Å². The second-order valence-electron chi connectivity index (χ2n) is 7.78. The van der Waals surface area contributed by atoms with Crippen LogP contribution in [0.1, 0.15) is 54.5 Å². The van der Waals surface area contributed by atoms with E-state index in [1.807, 2.05) is 0 Å². The van der Waals surface area contributed by atoms with Crippen LogP contribution < -0.4 is 5.32 Å². The fraction of sp³-hybridized carbons (Fsp3) is 0.550. The SMILES string of the molecule is CC(C)OC(=O)c1coc2cnc(C(=O)N[C@@H]3C4CCN(CC4)[C@H]3C)cc12. The molecule has 0 aliphatic carbocycles. The Labute approximate surface area is 158 Å². The number of nitrogens with zero attached hydrogens (tertiary/aromatic N) is 2. The van der Waals surface area contributed by atoms with Crippen LogP contribution in [0.5, 0.6) is 0 Å². The van der Waals surface area contributed by atoms with Gasteiger partial charge in [-0.2, -0.15) is 0 Å². The number of pyridine rings is 1. The fourth-order valence-electron chi connectivity index (χ4n) is 4.26. The summed E-state index contributed by atoms with van der Waals surface area (Å²) in [5.41, 5.74) is 1.05. The first kappa shape index (κ1) is 18.0. The van der Waals surface area contributed by atoms with E-state index in [2.05, 4.69) is 22.1 Å². The normalized spacial score (nSPS) is 27.1. The van der Waals surface area contributed by atoms with E-state index in [-0.39, 0.29) is 23.7 Å². The maximum atomic E-state index is 12.8. The molecule has 27 heavy (non-hydrogen) atoms. The molecule has 144 valence electrons. The Hall–Kier alpha value is -2.41. The zero-order valence-corrected chi connectivity index (χ0v) is 15.9. The number of nitrogens with one attached hydrogen (secondary N) is 1. The van der Waals surface area contributed by atoms with Gasteiger partial charge in [-0.15, -0.1) is 0 Å². The highest BCUT2D eigenvalue weighted by molar-refractivity contribution is 6.05. The monoisotopic (exact) mass is 371 g/mol. The lowest BCUT2D eigenvalue weighted by molar-refractivity contribution is 0.0216. The Kier molecular flexibility index (Phi) is 4.63. The number of carbonyl (C=O) groups is 2. The minimum absolute atomic E-state index is 0.132. The smallest absolute Gasteiger partial charge is 0.342 e. The Morgan fingerprint density at radius 1 is 1.33 bits per heavy atom. The number of furan rings is 1. The molecule has 0 spiro atoms. The molecule has 7 heteroatoms. The van der Waals surface area contributed by atoms with Gasteiger partial charge in [0.2, 0.25) is 0 Å². The van der Waals surface area contributed by atoms with Gasteiger partial charge in [-0.3, -0.25) is 9.69 Å². The predicted octanol–water partition coefficient (Wildman–Crippen LogP) is 2.61. The minimum atomic E-state index is -0.465. The van der Waals surface area contributed by atoms with Gasteiger partial charge < -0.3 is 14.5 Å². The molecule has 2 bridgehead atoms. The van der Waals surface area contributed by atoms with Gasteiger partial charge in [0.1, 0.15) is 17.5 Å². The molecular weight excluding hydrogens is 346 g/mol. The van der Waals surface area contributed by atoms with Crippen molar-refractivity contribution in [1.29, 1.82) is 0 Å². The van der Waals surface area contributed by atoms with E-state index in [0.29, 0.717) is 28.5 Å². The zero-order chi connectivity index (χ0) is 19.1. The standard InChI is InChI=1S/C20H25N3O4/c1-11(2)27-20(25)15-10-26-17-9-21-16(8-14(15)17)19(24)22-18-12(3)23-6-4-13(18)5-7-23/h8-13,18H,4-7H2,1-3H3,(H,22,24)/t12-,18-/m0/s1. The molecule has 3 aliphatic rings. The Bertz CT molecular complexity index is 865.